The van der Waals surface area contributed by atoms with Crippen molar-refractivity contribution in [2.24, 2.45) is 10.9 Å². The van der Waals surface area contributed by atoms with E-state index in [9.17, 15) is 0 Å². The number of guanidine groups is 1. The van der Waals surface area contributed by atoms with E-state index in [2.05, 4.69) is 52.9 Å². The van der Waals surface area contributed by atoms with E-state index in [-0.39, 0.29) is 0 Å². The van der Waals surface area contributed by atoms with Gasteiger partial charge in [-0.25, -0.2) is 0 Å². The zero-order valence-electron chi connectivity index (χ0n) is 13.2. The molecule has 0 aromatic heterocycles. The van der Waals surface area contributed by atoms with Crippen LogP contribution in [0.3, 0.4) is 0 Å². The molecular weight excluding hydrogens is 258 g/mol. The number of hydrogen-bond acceptors (Lipinski definition) is 1. The van der Waals surface area contributed by atoms with Gasteiger partial charge in [0.25, 0.3) is 0 Å². The van der Waals surface area contributed by atoms with Crippen molar-refractivity contribution in [2.75, 3.05) is 13.6 Å². The number of benzene rings is 1. The molecule has 0 bridgehead atoms. The molecule has 114 valence electrons. The first-order valence-corrected chi connectivity index (χ1v) is 8.30. The largest absolute Gasteiger partial charge is 0.356 e. The number of hydrogen-bond donors (Lipinski definition) is 2. The van der Waals surface area contributed by atoms with Crippen molar-refractivity contribution in [3.05, 3.63) is 35.9 Å². The Hall–Kier alpha value is -1.51. The molecule has 21 heavy (non-hydrogen) atoms. The Kier molecular flexibility index (Phi) is 4.18. The van der Waals surface area contributed by atoms with E-state index < -0.39 is 0 Å². The monoisotopic (exact) mass is 285 g/mol. The highest BCUT2D eigenvalue weighted by molar-refractivity contribution is 5.80. The zero-order valence-corrected chi connectivity index (χ0v) is 13.2. The van der Waals surface area contributed by atoms with Gasteiger partial charge in [0.2, 0.25) is 0 Å². The molecule has 1 aromatic rings. The summed E-state index contributed by atoms with van der Waals surface area (Å²) in [5.41, 5.74) is 1.80. The van der Waals surface area contributed by atoms with E-state index in [0.29, 0.717) is 11.5 Å². The second-order valence-electron chi connectivity index (χ2n) is 6.61. The molecule has 3 heteroatoms. The second-order valence-corrected chi connectivity index (χ2v) is 6.61. The maximum atomic E-state index is 4.38. The quantitative estimate of drug-likeness (QED) is 0.622. The summed E-state index contributed by atoms with van der Waals surface area (Å²) in [7, 11) is 1.87. The molecular formula is C18H27N3. The van der Waals surface area contributed by atoms with Crippen LogP contribution in [-0.4, -0.2) is 25.6 Å². The van der Waals surface area contributed by atoms with E-state index in [0.717, 1.165) is 18.4 Å². The maximum Gasteiger partial charge on any atom is 0.191 e. The molecule has 0 aliphatic heterocycles. The smallest absolute Gasteiger partial charge is 0.191 e. The van der Waals surface area contributed by atoms with Crippen LogP contribution in [0, 0.1) is 5.92 Å². The van der Waals surface area contributed by atoms with Crippen LogP contribution in [0.2, 0.25) is 0 Å². The Morgan fingerprint density at radius 3 is 2.67 bits per heavy atom. The summed E-state index contributed by atoms with van der Waals surface area (Å²) in [5, 5.41) is 7.11. The Labute approximate surface area is 128 Å². The van der Waals surface area contributed by atoms with Crippen LogP contribution in [0.1, 0.15) is 44.6 Å². The first kappa shape index (κ1) is 14.4. The van der Waals surface area contributed by atoms with Crippen LogP contribution in [-0.2, 0) is 5.41 Å². The van der Waals surface area contributed by atoms with Gasteiger partial charge < -0.3 is 10.6 Å². The SMILES string of the molecule is CCCC1CC1NC(=NC)NCC1(c2ccccc2)CC1. The lowest BCUT2D eigenvalue weighted by atomic mass is 9.96. The van der Waals surface area contributed by atoms with Crippen molar-refractivity contribution in [1.29, 1.82) is 0 Å². The molecule has 0 amide bonds. The summed E-state index contributed by atoms with van der Waals surface area (Å²) in [6.07, 6.45) is 6.48. The van der Waals surface area contributed by atoms with Gasteiger partial charge in [-0.1, -0.05) is 43.7 Å². The van der Waals surface area contributed by atoms with Crippen LogP contribution in [0.5, 0.6) is 0 Å². The Balaban J connectivity index is 1.50. The predicted octanol–water partition coefficient (Wildman–Crippen LogP) is 3.07. The molecule has 2 saturated carbocycles. The van der Waals surface area contributed by atoms with Gasteiger partial charge in [0.1, 0.15) is 0 Å². The summed E-state index contributed by atoms with van der Waals surface area (Å²) >= 11 is 0. The molecule has 0 radical (unpaired) electrons. The third-order valence-electron chi connectivity index (χ3n) is 4.96. The van der Waals surface area contributed by atoms with E-state index in [4.69, 9.17) is 0 Å². The minimum Gasteiger partial charge on any atom is -0.356 e. The molecule has 3 nitrogen and oxygen atoms in total. The lowest BCUT2D eigenvalue weighted by molar-refractivity contribution is 0.628. The molecule has 2 aliphatic carbocycles. The number of nitrogens with zero attached hydrogens (tertiary/aromatic N) is 1. The number of rotatable bonds is 6. The van der Waals surface area contributed by atoms with Crippen molar-refractivity contribution in [1.82, 2.24) is 10.6 Å². The van der Waals surface area contributed by atoms with Crippen molar-refractivity contribution in [3.63, 3.8) is 0 Å². The third-order valence-corrected chi connectivity index (χ3v) is 4.96. The van der Waals surface area contributed by atoms with Crippen molar-refractivity contribution in [3.8, 4) is 0 Å². The summed E-state index contributed by atoms with van der Waals surface area (Å²) < 4.78 is 0. The molecule has 2 fully saturated rings. The fourth-order valence-corrected chi connectivity index (χ4v) is 3.25. The van der Waals surface area contributed by atoms with Gasteiger partial charge in [0, 0.05) is 25.0 Å². The first-order valence-electron chi connectivity index (χ1n) is 8.30. The molecule has 2 atom stereocenters. The second kappa shape index (κ2) is 6.08. The summed E-state index contributed by atoms with van der Waals surface area (Å²) in [5.74, 6) is 1.83. The van der Waals surface area contributed by atoms with Gasteiger partial charge in [-0.2, -0.15) is 0 Å². The summed E-state index contributed by atoms with van der Waals surface area (Å²) in [6.45, 7) is 3.25. The van der Waals surface area contributed by atoms with Gasteiger partial charge >= 0.3 is 0 Å². The highest BCUT2D eigenvalue weighted by Gasteiger charge is 2.44. The van der Waals surface area contributed by atoms with E-state index >= 15 is 0 Å². The van der Waals surface area contributed by atoms with Crippen LogP contribution in [0.15, 0.2) is 35.3 Å². The molecule has 0 saturated heterocycles. The Morgan fingerprint density at radius 2 is 2.05 bits per heavy atom. The lowest BCUT2D eigenvalue weighted by Gasteiger charge is -2.19. The molecule has 3 rings (SSSR count). The topological polar surface area (TPSA) is 36.4 Å². The minimum atomic E-state index is 0.339. The van der Waals surface area contributed by atoms with Crippen LogP contribution >= 0.6 is 0 Å². The Morgan fingerprint density at radius 1 is 1.29 bits per heavy atom. The zero-order chi connectivity index (χ0) is 14.7. The average Bonchev–Trinajstić information content (AvgIpc) is 3.42. The van der Waals surface area contributed by atoms with E-state index in [1.165, 1.54) is 37.7 Å². The van der Waals surface area contributed by atoms with Crippen LogP contribution in [0.25, 0.3) is 0 Å². The Bertz CT molecular complexity index is 490. The van der Waals surface area contributed by atoms with E-state index in [1.54, 1.807) is 0 Å². The van der Waals surface area contributed by atoms with Crippen LogP contribution < -0.4 is 10.6 Å². The maximum absolute atomic E-state index is 4.38. The van der Waals surface area contributed by atoms with Gasteiger partial charge in [0.05, 0.1) is 0 Å². The highest BCUT2D eigenvalue weighted by Crippen LogP contribution is 2.47. The number of nitrogens with one attached hydrogen (secondary N) is 2. The molecule has 2 aliphatic rings. The van der Waals surface area contributed by atoms with Gasteiger partial charge in [-0.3, -0.25) is 4.99 Å². The van der Waals surface area contributed by atoms with Crippen LogP contribution in [0.4, 0.5) is 0 Å². The van der Waals surface area contributed by atoms with Crippen molar-refractivity contribution >= 4 is 5.96 Å². The number of aliphatic imine (C=N–C) groups is 1. The molecule has 1 aromatic carbocycles. The minimum absolute atomic E-state index is 0.339. The third kappa shape index (κ3) is 3.39. The fourth-order valence-electron chi connectivity index (χ4n) is 3.25. The predicted molar refractivity (Wildman–Crippen MR) is 88.7 cm³/mol. The lowest BCUT2D eigenvalue weighted by Crippen LogP contribution is -2.42. The van der Waals surface area contributed by atoms with Gasteiger partial charge in [0.15, 0.2) is 5.96 Å². The van der Waals surface area contributed by atoms with Gasteiger partial charge in [-0.05, 0) is 37.2 Å². The molecule has 0 spiro atoms. The van der Waals surface area contributed by atoms with Crippen molar-refractivity contribution in [2.45, 2.75) is 50.5 Å². The normalized spacial score (nSPS) is 26.3. The fraction of sp³-hybridized carbons (Fsp3) is 0.611. The first-order chi connectivity index (χ1) is 10.3. The van der Waals surface area contributed by atoms with Gasteiger partial charge in [-0.15, -0.1) is 0 Å². The highest BCUT2D eigenvalue weighted by atomic mass is 15.2. The van der Waals surface area contributed by atoms with Crippen molar-refractivity contribution < 1.29 is 0 Å². The molecule has 2 unspecified atom stereocenters. The average molecular weight is 285 g/mol. The summed E-state index contributed by atoms with van der Waals surface area (Å²) in [6, 6.07) is 11.5. The molecule has 2 N–H and O–H groups in total. The standard InChI is InChI=1S/C18H27N3/c1-3-7-14-12-16(14)21-17(19-2)20-13-18(10-11-18)15-8-5-4-6-9-15/h4-6,8-9,14,16H,3,7,10-13H2,1-2H3,(H2,19,20,21). The molecule has 0 heterocycles. The van der Waals surface area contributed by atoms with E-state index in [1.807, 2.05) is 7.05 Å². The summed E-state index contributed by atoms with van der Waals surface area (Å²) in [4.78, 5) is 4.38.